The number of carbonyl (C=O) groups excluding carboxylic acids is 1. The predicted molar refractivity (Wildman–Crippen MR) is 71.5 cm³/mol. The summed E-state index contributed by atoms with van der Waals surface area (Å²) in [4.78, 5) is 23.1. The monoisotopic (exact) mass is 285 g/mol. The maximum atomic E-state index is 12.0. The fourth-order valence-corrected chi connectivity index (χ4v) is 2.98. The largest absolute Gasteiger partial charge is 0.481 e. The lowest BCUT2D eigenvalue weighted by atomic mass is 9.77. The van der Waals surface area contributed by atoms with Crippen molar-refractivity contribution in [2.75, 3.05) is 13.2 Å². The van der Waals surface area contributed by atoms with Crippen molar-refractivity contribution in [3.63, 3.8) is 0 Å². The number of carbonyl (C=O) groups is 2. The summed E-state index contributed by atoms with van der Waals surface area (Å²) < 4.78 is 10.7. The SMILES string of the molecule is CC(C)(C)OC(=O)NC1(C2(CC(=O)O)CC2)CCOC1. The van der Waals surface area contributed by atoms with E-state index in [1.54, 1.807) is 20.8 Å². The zero-order chi connectivity index (χ0) is 15.0. The molecular formula is C14H23NO5. The van der Waals surface area contributed by atoms with E-state index in [2.05, 4.69) is 5.32 Å². The van der Waals surface area contributed by atoms with Gasteiger partial charge in [-0.3, -0.25) is 4.79 Å². The fraction of sp³-hybridized carbons (Fsp3) is 0.857. The summed E-state index contributed by atoms with van der Waals surface area (Å²) in [6.07, 6.45) is 1.81. The molecule has 0 spiro atoms. The lowest BCUT2D eigenvalue weighted by Gasteiger charge is -2.37. The number of nitrogens with one attached hydrogen (secondary N) is 1. The van der Waals surface area contributed by atoms with Crippen molar-refractivity contribution >= 4 is 12.1 Å². The van der Waals surface area contributed by atoms with Crippen molar-refractivity contribution in [3.05, 3.63) is 0 Å². The second kappa shape index (κ2) is 4.91. The molecule has 2 N–H and O–H groups in total. The van der Waals surface area contributed by atoms with Crippen molar-refractivity contribution in [1.29, 1.82) is 0 Å². The number of carboxylic acid groups (broad SMARTS) is 1. The van der Waals surface area contributed by atoms with Crippen molar-refractivity contribution in [3.8, 4) is 0 Å². The van der Waals surface area contributed by atoms with Crippen LogP contribution in [0.1, 0.15) is 46.5 Å². The first-order valence-electron chi connectivity index (χ1n) is 6.99. The molecule has 0 aromatic rings. The number of alkyl carbamates (subject to hydrolysis) is 1. The number of amides is 1. The van der Waals surface area contributed by atoms with Crippen molar-refractivity contribution in [1.82, 2.24) is 5.32 Å². The average Bonchev–Trinajstić information content (AvgIpc) is 2.86. The Hall–Kier alpha value is -1.30. The minimum Gasteiger partial charge on any atom is -0.481 e. The summed E-state index contributed by atoms with van der Waals surface area (Å²) in [7, 11) is 0. The van der Waals surface area contributed by atoms with Gasteiger partial charge in [0.15, 0.2) is 0 Å². The van der Waals surface area contributed by atoms with E-state index in [0.29, 0.717) is 19.6 Å². The van der Waals surface area contributed by atoms with E-state index in [1.807, 2.05) is 0 Å². The highest BCUT2D eigenvalue weighted by Crippen LogP contribution is 2.59. The van der Waals surface area contributed by atoms with E-state index in [4.69, 9.17) is 14.6 Å². The fourth-order valence-electron chi connectivity index (χ4n) is 2.98. The summed E-state index contributed by atoms with van der Waals surface area (Å²) in [5.41, 5.74) is -1.56. The second-order valence-corrected chi connectivity index (χ2v) is 6.86. The smallest absolute Gasteiger partial charge is 0.408 e. The lowest BCUT2D eigenvalue weighted by molar-refractivity contribution is -0.139. The van der Waals surface area contributed by atoms with Crippen LogP contribution in [-0.2, 0) is 14.3 Å². The molecule has 20 heavy (non-hydrogen) atoms. The molecule has 6 nitrogen and oxygen atoms in total. The Morgan fingerprint density at radius 2 is 1.95 bits per heavy atom. The summed E-state index contributed by atoms with van der Waals surface area (Å²) in [5.74, 6) is -0.834. The molecule has 0 aromatic heterocycles. The number of hydrogen-bond donors (Lipinski definition) is 2. The van der Waals surface area contributed by atoms with Crippen LogP contribution in [0.4, 0.5) is 4.79 Å². The van der Waals surface area contributed by atoms with Gasteiger partial charge in [0.2, 0.25) is 0 Å². The third kappa shape index (κ3) is 3.06. The standard InChI is InChI=1S/C14H23NO5/c1-12(2,3)20-11(18)15-14(6-7-19-9-14)13(4-5-13)8-10(16)17/h4-9H2,1-3H3,(H,15,18)(H,16,17). The molecule has 6 heteroatoms. The molecule has 2 fully saturated rings. The zero-order valence-electron chi connectivity index (χ0n) is 12.3. The van der Waals surface area contributed by atoms with Gasteiger partial charge in [0, 0.05) is 12.0 Å². The second-order valence-electron chi connectivity index (χ2n) is 6.86. The topological polar surface area (TPSA) is 84.9 Å². The summed E-state index contributed by atoms with van der Waals surface area (Å²) in [6.45, 7) is 6.30. The molecule has 1 saturated heterocycles. The first-order chi connectivity index (χ1) is 9.18. The highest BCUT2D eigenvalue weighted by atomic mass is 16.6. The summed E-state index contributed by atoms with van der Waals surface area (Å²) in [6, 6.07) is 0. The Kier molecular flexibility index (Phi) is 3.71. The third-order valence-electron chi connectivity index (χ3n) is 4.12. The highest BCUT2D eigenvalue weighted by molar-refractivity contribution is 5.71. The van der Waals surface area contributed by atoms with Crippen LogP contribution in [-0.4, -0.2) is 41.5 Å². The lowest BCUT2D eigenvalue weighted by Crippen LogP contribution is -2.57. The van der Waals surface area contributed by atoms with Crippen molar-refractivity contribution in [2.24, 2.45) is 5.41 Å². The Morgan fingerprint density at radius 1 is 1.30 bits per heavy atom. The Labute approximate surface area is 118 Å². The van der Waals surface area contributed by atoms with Crippen molar-refractivity contribution in [2.45, 2.75) is 57.6 Å². The zero-order valence-corrected chi connectivity index (χ0v) is 12.3. The Bertz CT molecular complexity index is 402. The summed E-state index contributed by atoms with van der Waals surface area (Å²) >= 11 is 0. The molecule has 1 amide bonds. The maximum absolute atomic E-state index is 12.0. The minimum atomic E-state index is -0.834. The molecular weight excluding hydrogens is 262 g/mol. The van der Waals surface area contributed by atoms with Crippen LogP contribution in [0.15, 0.2) is 0 Å². The van der Waals surface area contributed by atoms with Gasteiger partial charge in [-0.15, -0.1) is 0 Å². The molecule has 1 aliphatic heterocycles. The van der Waals surface area contributed by atoms with Crippen molar-refractivity contribution < 1.29 is 24.2 Å². The molecule has 2 rings (SSSR count). The predicted octanol–water partition coefficient (Wildman–Crippen LogP) is 1.93. The van der Waals surface area contributed by atoms with E-state index in [9.17, 15) is 9.59 Å². The average molecular weight is 285 g/mol. The van der Waals surface area contributed by atoms with Gasteiger partial charge in [0.25, 0.3) is 0 Å². The highest BCUT2D eigenvalue weighted by Gasteiger charge is 2.62. The molecule has 0 radical (unpaired) electrons. The molecule has 0 aromatic carbocycles. The molecule has 0 bridgehead atoms. The third-order valence-corrected chi connectivity index (χ3v) is 4.12. The number of carboxylic acids is 1. The molecule has 1 heterocycles. The van der Waals surface area contributed by atoms with E-state index in [1.165, 1.54) is 0 Å². The maximum Gasteiger partial charge on any atom is 0.408 e. The van der Waals surface area contributed by atoms with Gasteiger partial charge in [0.1, 0.15) is 5.60 Å². The van der Waals surface area contributed by atoms with Gasteiger partial charge < -0.3 is 19.9 Å². The number of hydrogen-bond acceptors (Lipinski definition) is 4. The quantitative estimate of drug-likeness (QED) is 0.824. The van der Waals surface area contributed by atoms with Crippen LogP contribution >= 0.6 is 0 Å². The van der Waals surface area contributed by atoms with Gasteiger partial charge in [-0.05, 0) is 40.0 Å². The first kappa shape index (κ1) is 15.1. The van der Waals surface area contributed by atoms with E-state index in [-0.39, 0.29) is 11.8 Å². The van der Waals surface area contributed by atoms with Crippen LogP contribution in [0, 0.1) is 5.41 Å². The number of aliphatic carboxylic acids is 1. The van der Waals surface area contributed by atoms with Crippen LogP contribution in [0.2, 0.25) is 0 Å². The normalized spacial score (nSPS) is 27.9. The summed E-state index contributed by atoms with van der Waals surface area (Å²) in [5, 5.41) is 12.0. The van der Waals surface area contributed by atoms with Crippen LogP contribution in [0.3, 0.4) is 0 Å². The van der Waals surface area contributed by atoms with Crippen LogP contribution in [0.25, 0.3) is 0 Å². The van der Waals surface area contributed by atoms with E-state index in [0.717, 1.165) is 12.8 Å². The van der Waals surface area contributed by atoms with Gasteiger partial charge in [0.05, 0.1) is 18.6 Å². The van der Waals surface area contributed by atoms with Gasteiger partial charge in [-0.25, -0.2) is 4.79 Å². The molecule has 2 aliphatic rings. The molecule has 114 valence electrons. The number of rotatable bonds is 4. The van der Waals surface area contributed by atoms with Gasteiger partial charge in [-0.2, -0.15) is 0 Å². The molecule has 1 saturated carbocycles. The molecule has 1 unspecified atom stereocenters. The Morgan fingerprint density at radius 3 is 2.35 bits per heavy atom. The van der Waals surface area contributed by atoms with E-state index < -0.39 is 23.2 Å². The molecule has 1 aliphatic carbocycles. The van der Waals surface area contributed by atoms with Crippen LogP contribution in [0.5, 0.6) is 0 Å². The Balaban J connectivity index is 2.11. The van der Waals surface area contributed by atoms with Crippen LogP contribution < -0.4 is 5.32 Å². The number of ether oxygens (including phenoxy) is 2. The van der Waals surface area contributed by atoms with Gasteiger partial charge >= 0.3 is 12.1 Å². The van der Waals surface area contributed by atoms with E-state index >= 15 is 0 Å². The first-order valence-corrected chi connectivity index (χ1v) is 6.99. The van der Waals surface area contributed by atoms with Gasteiger partial charge in [-0.1, -0.05) is 0 Å². The molecule has 1 atom stereocenters. The minimum absolute atomic E-state index is 0.0617.